The lowest BCUT2D eigenvalue weighted by molar-refractivity contribution is -0.124. The molecule has 0 radical (unpaired) electrons. The molecular formula is C20H21ClN2O7S. The van der Waals surface area contributed by atoms with Crippen molar-refractivity contribution in [1.29, 1.82) is 0 Å². The summed E-state index contributed by atoms with van der Waals surface area (Å²) in [6.45, 7) is 5.00. The number of carbonyl (C=O) groups excluding carboxylic acids is 4. The second-order valence-electron chi connectivity index (χ2n) is 6.11. The predicted octanol–water partition coefficient (Wildman–Crippen LogP) is 3.64. The minimum Gasteiger partial charge on any atom is -0.465 e. The third-order valence-corrected chi connectivity index (χ3v) is 5.61. The highest BCUT2D eigenvalue weighted by molar-refractivity contribution is 7.18. The lowest BCUT2D eigenvalue weighted by atomic mass is 10.1. The lowest BCUT2D eigenvalue weighted by Crippen LogP contribution is -2.32. The SMILES string of the molecule is CCOC(=O)c1sc(NC(=O)C(CC)OC(=O)c2cccnc2Cl)c(C(=O)OC)c1C. The normalized spacial score (nSPS) is 11.4. The fourth-order valence-corrected chi connectivity index (χ4v) is 3.87. The van der Waals surface area contributed by atoms with Gasteiger partial charge in [-0.05, 0) is 38.0 Å². The summed E-state index contributed by atoms with van der Waals surface area (Å²) in [5.74, 6) is -2.85. The molecule has 1 atom stereocenters. The van der Waals surface area contributed by atoms with Gasteiger partial charge in [0.05, 0.1) is 24.8 Å². The van der Waals surface area contributed by atoms with E-state index in [0.717, 1.165) is 11.3 Å². The van der Waals surface area contributed by atoms with Crippen LogP contribution in [0.25, 0.3) is 0 Å². The van der Waals surface area contributed by atoms with Gasteiger partial charge in [0.1, 0.15) is 15.0 Å². The molecule has 1 unspecified atom stereocenters. The van der Waals surface area contributed by atoms with Crippen LogP contribution in [0.2, 0.25) is 5.15 Å². The number of anilines is 1. The number of ether oxygens (including phenoxy) is 3. The highest BCUT2D eigenvalue weighted by atomic mass is 35.5. The maximum Gasteiger partial charge on any atom is 0.348 e. The first-order valence-corrected chi connectivity index (χ1v) is 10.5. The van der Waals surface area contributed by atoms with Crippen LogP contribution in [0.5, 0.6) is 0 Å². The molecule has 0 saturated heterocycles. The number of pyridine rings is 1. The van der Waals surface area contributed by atoms with Crippen LogP contribution in [-0.2, 0) is 19.0 Å². The van der Waals surface area contributed by atoms with Crippen molar-refractivity contribution >= 4 is 51.8 Å². The van der Waals surface area contributed by atoms with E-state index >= 15 is 0 Å². The van der Waals surface area contributed by atoms with E-state index in [4.69, 9.17) is 25.8 Å². The Labute approximate surface area is 187 Å². The van der Waals surface area contributed by atoms with Gasteiger partial charge in [-0.1, -0.05) is 18.5 Å². The van der Waals surface area contributed by atoms with Crippen molar-refractivity contribution < 1.29 is 33.4 Å². The van der Waals surface area contributed by atoms with Gasteiger partial charge < -0.3 is 19.5 Å². The highest BCUT2D eigenvalue weighted by Gasteiger charge is 2.30. The topological polar surface area (TPSA) is 121 Å². The van der Waals surface area contributed by atoms with Crippen molar-refractivity contribution in [2.75, 3.05) is 19.0 Å². The average Bonchev–Trinajstić information content (AvgIpc) is 3.07. The summed E-state index contributed by atoms with van der Waals surface area (Å²) in [5, 5.41) is 2.59. The van der Waals surface area contributed by atoms with Gasteiger partial charge in [0.15, 0.2) is 6.10 Å². The summed E-state index contributed by atoms with van der Waals surface area (Å²) in [6, 6.07) is 2.93. The fourth-order valence-electron chi connectivity index (χ4n) is 2.59. The number of halogens is 1. The molecule has 2 rings (SSSR count). The second-order valence-corrected chi connectivity index (χ2v) is 7.48. The Morgan fingerprint density at radius 1 is 1.19 bits per heavy atom. The maximum atomic E-state index is 12.8. The van der Waals surface area contributed by atoms with Crippen LogP contribution in [-0.4, -0.2) is 48.6 Å². The molecule has 0 aromatic carbocycles. The van der Waals surface area contributed by atoms with Crippen LogP contribution < -0.4 is 5.32 Å². The molecule has 2 aromatic rings. The van der Waals surface area contributed by atoms with E-state index in [1.54, 1.807) is 20.8 Å². The zero-order chi connectivity index (χ0) is 23.1. The number of thiophene rings is 1. The van der Waals surface area contributed by atoms with E-state index in [1.807, 2.05) is 0 Å². The van der Waals surface area contributed by atoms with Crippen LogP contribution in [0, 0.1) is 6.92 Å². The van der Waals surface area contributed by atoms with Gasteiger partial charge in [0.25, 0.3) is 5.91 Å². The van der Waals surface area contributed by atoms with E-state index in [1.165, 1.54) is 25.4 Å². The third-order valence-electron chi connectivity index (χ3n) is 4.13. The summed E-state index contributed by atoms with van der Waals surface area (Å²) in [7, 11) is 1.18. The number of methoxy groups -OCH3 is 1. The Balaban J connectivity index is 2.28. The number of hydrogen-bond donors (Lipinski definition) is 1. The molecule has 9 nitrogen and oxygen atoms in total. The van der Waals surface area contributed by atoms with Crippen molar-refractivity contribution in [3.8, 4) is 0 Å². The Kier molecular flexibility index (Phi) is 8.52. The number of aromatic nitrogens is 1. The van der Waals surface area contributed by atoms with Crippen molar-refractivity contribution in [3.63, 3.8) is 0 Å². The molecule has 1 amide bonds. The van der Waals surface area contributed by atoms with Gasteiger partial charge in [-0.2, -0.15) is 0 Å². The van der Waals surface area contributed by atoms with Gasteiger partial charge in [-0.3, -0.25) is 4.79 Å². The summed E-state index contributed by atoms with van der Waals surface area (Å²) in [5.41, 5.74) is 0.361. The summed E-state index contributed by atoms with van der Waals surface area (Å²) in [6.07, 6.45) is 0.387. The van der Waals surface area contributed by atoms with Gasteiger partial charge in [0, 0.05) is 6.20 Å². The average molecular weight is 469 g/mol. The summed E-state index contributed by atoms with van der Waals surface area (Å²) in [4.78, 5) is 53.5. The zero-order valence-electron chi connectivity index (χ0n) is 17.3. The van der Waals surface area contributed by atoms with Gasteiger partial charge >= 0.3 is 17.9 Å². The molecule has 2 heterocycles. The maximum absolute atomic E-state index is 12.8. The van der Waals surface area contributed by atoms with Crippen LogP contribution in [0.1, 0.15) is 56.2 Å². The molecule has 0 aliphatic rings. The summed E-state index contributed by atoms with van der Waals surface area (Å²) < 4.78 is 15.0. The molecule has 0 aliphatic heterocycles. The minimum absolute atomic E-state index is 0.0160. The van der Waals surface area contributed by atoms with Crippen molar-refractivity contribution in [2.45, 2.75) is 33.3 Å². The molecule has 166 valence electrons. The van der Waals surface area contributed by atoms with E-state index < -0.39 is 29.9 Å². The zero-order valence-corrected chi connectivity index (χ0v) is 18.9. The minimum atomic E-state index is -1.18. The Hall–Kier alpha value is -2.98. The van der Waals surface area contributed by atoms with Crippen LogP contribution in [0.15, 0.2) is 18.3 Å². The molecule has 1 N–H and O–H groups in total. The molecule has 0 saturated carbocycles. The van der Waals surface area contributed by atoms with Crippen molar-refractivity contribution in [2.24, 2.45) is 0 Å². The first kappa shape index (κ1) is 24.3. The molecule has 0 fully saturated rings. The first-order valence-electron chi connectivity index (χ1n) is 9.26. The smallest absolute Gasteiger partial charge is 0.348 e. The number of nitrogens with zero attached hydrogens (tertiary/aromatic N) is 1. The van der Waals surface area contributed by atoms with Gasteiger partial charge in [-0.15, -0.1) is 11.3 Å². The summed E-state index contributed by atoms with van der Waals surface area (Å²) >= 11 is 6.77. The third kappa shape index (κ3) is 5.59. The van der Waals surface area contributed by atoms with Crippen LogP contribution in [0.4, 0.5) is 5.00 Å². The quantitative estimate of drug-likeness (QED) is 0.354. The number of rotatable bonds is 8. The van der Waals surface area contributed by atoms with Gasteiger partial charge in [0.2, 0.25) is 0 Å². The number of amides is 1. The van der Waals surface area contributed by atoms with E-state index in [-0.39, 0.29) is 39.2 Å². The Bertz CT molecular complexity index is 1010. The molecule has 0 aliphatic carbocycles. The molecule has 11 heteroatoms. The molecule has 0 bridgehead atoms. The monoisotopic (exact) mass is 468 g/mol. The van der Waals surface area contributed by atoms with E-state index in [2.05, 4.69) is 10.3 Å². The van der Waals surface area contributed by atoms with Crippen LogP contribution in [0.3, 0.4) is 0 Å². The van der Waals surface area contributed by atoms with Crippen molar-refractivity contribution in [3.05, 3.63) is 45.1 Å². The number of carbonyl (C=O) groups is 4. The van der Waals surface area contributed by atoms with Crippen molar-refractivity contribution in [1.82, 2.24) is 4.98 Å². The fraction of sp³-hybridized carbons (Fsp3) is 0.350. The van der Waals surface area contributed by atoms with Crippen LogP contribution >= 0.6 is 22.9 Å². The number of hydrogen-bond acceptors (Lipinski definition) is 9. The predicted molar refractivity (Wildman–Crippen MR) is 114 cm³/mol. The number of esters is 3. The molecule has 0 spiro atoms. The van der Waals surface area contributed by atoms with Gasteiger partial charge in [-0.25, -0.2) is 19.4 Å². The largest absolute Gasteiger partial charge is 0.465 e. The molecule has 2 aromatic heterocycles. The van der Waals surface area contributed by atoms with E-state index in [9.17, 15) is 19.2 Å². The standard InChI is InChI=1S/C20H21ClN2O7S/c1-5-12(30-18(25)11-8-7-9-22-15(11)21)16(24)23-17-13(19(26)28-4)10(3)14(31-17)20(27)29-6-2/h7-9,12H,5-6H2,1-4H3,(H,23,24). The Morgan fingerprint density at radius 2 is 1.90 bits per heavy atom. The molecular weight excluding hydrogens is 448 g/mol. The lowest BCUT2D eigenvalue weighted by Gasteiger charge is -2.16. The van der Waals surface area contributed by atoms with E-state index in [0.29, 0.717) is 5.56 Å². The first-order chi connectivity index (χ1) is 14.7. The number of nitrogens with one attached hydrogen (secondary N) is 1. The Morgan fingerprint density at radius 3 is 2.48 bits per heavy atom. The highest BCUT2D eigenvalue weighted by Crippen LogP contribution is 2.34. The second kappa shape index (κ2) is 10.9. The molecule has 31 heavy (non-hydrogen) atoms.